The molecule has 3 N–H and O–H groups in total. The lowest BCUT2D eigenvalue weighted by Gasteiger charge is -2.63. The van der Waals surface area contributed by atoms with Crippen LogP contribution in [0.4, 0.5) is 0 Å². The van der Waals surface area contributed by atoms with Crippen LogP contribution in [0.1, 0.15) is 76.7 Å². The number of hydrogen-bond donors (Lipinski definition) is 3. The van der Waals surface area contributed by atoms with E-state index in [0.717, 1.165) is 50.5 Å². The molecule has 0 spiro atoms. The monoisotopic (exact) mass is 374 g/mol. The van der Waals surface area contributed by atoms with E-state index in [0.29, 0.717) is 18.3 Å². The highest BCUT2D eigenvalue weighted by Crippen LogP contribution is 2.70. The molecule has 1 heterocycles. The summed E-state index contributed by atoms with van der Waals surface area (Å²) in [5, 5.41) is 33.3. The van der Waals surface area contributed by atoms with Crippen molar-refractivity contribution in [3.8, 4) is 0 Å². The Labute approximate surface area is 162 Å². The molecule has 4 saturated carbocycles. The van der Waals surface area contributed by atoms with E-state index < -0.39 is 11.7 Å². The van der Waals surface area contributed by atoms with Crippen LogP contribution in [0.5, 0.6) is 0 Å². The summed E-state index contributed by atoms with van der Waals surface area (Å²) in [6.45, 7) is 4.63. The number of fused-ring (bicyclic) bond motifs is 5. The molecule has 0 aliphatic heterocycles. The molecule has 0 bridgehead atoms. The molecule has 4 nitrogen and oxygen atoms in total. The molecule has 4 heteroatoms. The van der Waals surface area contributed by atoms with Crippen LogP contribution in [0.3, 0.4) is 0 Å². The molecule has 5 rings (SSSR count). The third-order valence-corrected chi connectivity index (χ3v) is 9.74. The molecule has 9 atom stereocenters. The van der Waals surface area contributed by atoms with Crippen molar-refractivity contribution in [2.45, 2.75) is 88.9 Å². The molecule has 0 unspecified atom stereocenters. The Bertz CT molecular complexity index is 701. The van der Waals surface area contributed by atoms with Gasteiger partial charge in [-0.15, -0.1) is 0 Å². The van der Waals surface area contributed by atoms with Gasteiger partial charge in [-0.2, -0.15) is 0 Å². The Morgan fingerprint density at radius 3 is 2.59 bits per heavy atom. The van der Waals surface area contributed by atoms with Gasteiger partial charge < -0.3 is 19.7 Å². The van der Waals surface area contributed by atoms with Gasteiger partial charge in [0.25, 0.3) is 0 Å². The van der Waals surface area contributed by atoms with E-state index in [9.17, 15) is 15.3 Å². The van der Waals surface area contributed by atoms with Gasteiger partial charge in [0.15, 0.2) is 0 Å². The zero-order valence-electron chi connectivity index (χ0n) is 16.6. The second-order valence-corrected chi connectivity index (χ2v) is 10.6. The van der Waals surface area contributed by atoms with Gasteiger partial charge in [0.1, 0.15) is 0 Å². The van der Waals surface area contributed by atoms with Crippen molar-refractivity contribution in [1.82, 2.24) is 0 Å². The molecule has 1 aromatic rings. The fourth-order valence-corrected chi connectivity index (χ4v) is 8.28. The zero-order valence-corrected chi connectivity index (χ0v) is 16.6. The van der Waals surface area contributed by atoms with Crippen LogP contribution in [-0.2, 0) is 0 Å². The molecule has 27 heavy (non-hydrogen) atoms. The van der Waals surface area contributed by atoms with Crippen LogP contribution in [-0.4, -0.2) is 33.1 Å². The Kier molecular flexibility index (Phi) is 3.94. The number of aliphatic hydroxyl groups is 3. The smallest absolute Gasteiger partial charge is 0.0938 e. The van der Waals surface area contributed by atoms with Crippen molar-refractivity contribution in [3.05, 3.63) is 24.2 Å². The highest BCUT2D eigenvalue weighted by molar-refractivity contribution is 5.29. The van der Waals surface area contributed by atoms with Crippen LogP contribution in [0, 0.1) is 28.6 Å². The first-order valence-electron chi connectivity index (χ1n) is 10.9. The molecule has 0 saturated heterocycles. The third kappa shape index (κ3) is 2.27. The lowest BCUT2D eigenvalue weighted by atomic mass is 9.43. The Hall–Kier alpha value is -0.840. The summed E-state index contributed by atoms with van der Waals surface area (Å²) in [5.41, 5.74) is 0.119. The molecule has 4 fully saturated rings. The van der Waals surface area contributed by atoms with E-state index in [1.165, 1.54) is 0 Å². The zero-order chi connectivity index (χ0) is 19.0. The van der Waals surface area contributed by atoms with Crippen LogP contribution in [0.15, 0.2) is 23.0 Å². The number of rotatable bonds is 1. The number of aliphatic hydroxyl groups excluding tert-OH is 2. The van der Waals surface area contributed by atoms with Gasteiger partial charge in [-0.25, -0.2) is 0 Å². The van der Waals surface area contributed by atoms with Gasteiger partial charge in [0, 0.05) is 17.8 Å². The van der Waals surface area contributed by atoms with Crippen molar-refractivity contribution < 1.29 is 19.7 Å². The predicted octanol–water partition coefficient (Wildman–Crippen LogP) is 3.85. The third-order valence-electron chi connectivity index (χ3n) is 9.74. The molecule has 4 aliphatic carbocycles. The average molecular weight is 375 g/mol. The minimum atomic E-state index is -0.818. The molecule has 0 radical (unpaired) electrons. The largest absolute Gasteiger partial charge is 0.472 e. The van der Waals surface area contributed by atoms with Crippen LogP contribution < -0.4 is 0 Å². The maximum absolute atomic E-state index is 12.1. The molecular formula is C23H34O4. The van der Waals surface area contributed by atoms with Crippen LogP contribution in [0.2, 0.25) is 0 Å². The first-order valence-corrected chi connectivity index (χ1v) is 10.9. The van der Waals surface area contributed by atoms with Gasteiger partial charge in [-0.3, -0.25) is 0 Å². The highest BCUT2D eigenvalue weighted by Gasteiger charge is 2.69. The lowest BCUT2D eigenvalue weighted by molar-refractivity contribution is -0.205. The topological polar surface area (TPSA) is 73.8 Å². The van der Waals surface area contributed by atoms with Crippen LogP contribution in [0.25, 0.3) is 0 Å². The Morgan fingerprint density at radius 2 is 1.85 bits per heavy atom. The summed E-state index contributed by atoms with van der Waals surface area (Å²) in [4.78, 5) is 0. The Balaban J connectivity index is 1.52. The molecule has 150 valence electrons. The van der Waals surface area contributed by atoms with Crippen LogP contribution >= 0.6 is 0 Å². The second-order valence-electron chi connectivity index (χ2n) is 10.6. The Morgan fingerprint density at radius 1 is 1.04 bits per heavy atom. The van der Waals surface area contributed by atoms with Crippen molar-refractivity contribution in [1.29, 1.82) is 0 Å². The van der Waals surface area contributed by atoms with E-state index in [1.54, 1.807) is 12.5 Å². The summed E-state index contributed by atoms with van der Waals surface area (Å²) in [7, 11) is 0. The van der Waals surface area contributed by atoms with E-state index in [4.69, 9.17) is 4.42 Å². The van der Waals surface area contributed by atoms with Crippen molar-refractivity contribution in [2.24, 2.45) is 28.6 Å². The fourth-order valence-electron chi connectivity index (χ4n) is 8.28. The first kappa shape index (κ1) is 18.2. The standard InChI is InChI=1S/C23H34O4/c1-21-8-5-16(24)11-15(21)3-4-18-17(21)6-9-22(2)20(14-7-10-27-13-14)19(25)12-23(18,22)26/h7,10,13,15-20,24-26H,3-6,8-9,11-12H2,1-2H3/t15-,16+,17+,18-,19+,20+,21+,22-,23+/m1/s1. The number of furan rings is 1. The SMILES string of the molecule is C[C@]12CC[C@H](O)C[C@H]1CC[C@@H]1[C@@H]2CC[C@]2(C)[C@@H](c3ccoc3)[C@@H](O)C[C@]12O. The molecule has 0 amide bonds. The fraction of sp³-hybridized carbons (Fsp3) is 0.826. The van der Waals surface area contributed by atoms with E-state index in [-0.39, 0.29) is 28.8 Å². The van der Waals surface area contributed by atoms with Crippen molar-refractivity contribution >= 4 is 0 Å². The summed E-state index contributed by atoms with van der Waals surface area (Å²) in [6, 6.07) is 1.96. The van der Waals surface area contributed by atoms with Gasteiger partial charge in [0.2, 0.25) is 0 Å². The van der Waals surface area contributed by atoms with Gasteiger partial charge in [-0.05, 0) is 79.7 Å². The quantitative estimate of drug-likeness (QED) is 0.698. The predicted molar refractivity (Wildman–Crippen MR) is 102 cm³/mol. The minimum Gasteiger partial charge on any atom is -0.472 e. The first-order chi connectivity index (χ1) is 12.8. The van der Waals surface area contributed by atoms with Crippen molar-refractivity contribution in [2.75, 3.05) is 0 Å². The molecule has 1 aromatic heterocycles. The lowest BCUT2D eigenvalue weighted by Crippen LogP contribution is -2.62. The summed E-state index contributed by atoms with van der Waals surface area (Å²) in [6.07, 6.45) is 10.3. The molecular weight excluding hydrogens is 340 g/mol. The normalized spacial score (nSPS) is 54.9. The minimum absolute atomic E-state index is 0.0547. The van der Waals surface area contributed by atoms with Gasteiger partial charge in [-0.1, -0.05) is 13.8 Å². The van der Waals surface area contributed by atoms with Crippen molar-refractivity contribution in [3.63, 3.8) is 0 Å². The molecule has 4 aliphatic rings. The second kappa shape index (κ2) is 5.84. The average Bonchev–Trinajstić information content (AvgIpc) is 3.19. The van der Waals surface area contributed by atoms with Gasteiger partial charge >= 0.3 is 0 Å². The maximum atomic E-state index is 12.1. The summed E-state index contributed by atoms with van der Waals surface area (Å²) in [5.74, 6) is 1.27. The van der Waals surface area contributed by atoms with E-state index in [2.05, 4.69) is 13.8 Å². The summed E-state index contributed by atoms with van der Waals surface area (Å²) >= 11 is 0. The van der Waals surface area contributed by atoms with E-state index in [1.807, 2.05) is 6.07 Å². The number of hydrogen-bond acceptors (Lipinski definition) is 4. The summed E-state index contributed by atoms with van der Waals surface area (Å²) < 4.78 is 5.32. The highest BCUT2D eigenvalue weighted by atomic mass is 16.3. The van der Waals surface area contributed by atoms with E-state index >= 15 is 0 Å². The molecule has 0 aromatic carbocycles. The van der Waals surface area contributed by atoms with Gasteiger partial charge in [0.05, 0.1) is 30.3 Å². The maximum Gasteiger partial charge on any atom is 0.0938 e.